The quantitative estimate of drug-likeness (QED) is 0.530. The van der Waals surface area contributed by atoms with Gasteiger partial charge in [-0.3, -0.25) is 10.1 Å². The van der Waals surface area contributed by atoms with Gasteiger partial charge in [-0.15, -0.1) is 0 Å². The minimum absolute atomic E-state index is 0.0446. The van der Waals surface area contributed by atoms with Crippen molar-refractivity contribution in [3.63, 3.8) is 0 Å². The van der Waals surface area contributed by atoms with Crippen LogP contribution in [0.25, 0.3) is 0 Å². The molecule has 92 valence electrons. The van der Waals surface area contributed by atoms with Gasteiger partial charge in [-0.05, 0) is 24.3 Å². The topological polar surface area (TPSA) is 82.0 Å². The number of nitro groups is 1. The summed E-state index contributed by atoms with van der Waals surface area (Å²) in [6.45, 7) is 0. The molecular formula is C11H8ClN3O2S. The Morgan fingerprint density at radius 2 is 2.17 bits per heavy atom. The molecule has 5 nitrogen and oxygen atoms in total. The molecule has 1 aromatic heterocycles. The van der Waals surface area contributed by atoms with E-state index in [1.165, 1.54) is 18.3 Å². The number of benzene rings is 1. The summed E-state index contributed by atoms with van der Waals surface area (Å²) in [4.78, 5) is 15.1. The molecule has 7 heteroatoms. The number of halogens is 1. The van der Waals surface area contributed by atoms with Crippen LogP contribution in [0, 0.1) is 10.1 Å². The molecule has 1 heterocycles. The molecule has 0 fully saturated rings. The van der Waals surface area contributed by atoms with Crippen molar-refractivity contribution in [1.82, 2.24) is 4.98 Å². The molecule has 1 aromatic carbocycles. The SMILES string of the molecule is Nc1cc(Cl)ccc1Sc1ncccc1[N+](=O)[O-]. The lowest BCUT2D eigenvalue weighted by molar-refractivity contribution is -0.388. The van der Waals surface area contributed by atoms with Crippen molar-refractivity contribution in [2.24, 2.45) is 0 Å². The van der Waals surface area contributed by atoms with E-state index in [1.54, 1.807) is 18.2 Å². The second-order valence-corrected chi connectivity index (χ2v) is 4.84. The number of nitrogens with zero attached hydrogens (tertiary/aromatic N) is 2. The van der Waals surface area contributed by atoms with E-state index in [0.29, 0.717) is 20.6 Å². The minimum Gasteiger partial charge on any atom is -0.398 e. The zero-order chi connectivity index (χ0) is 13.1. The number of nitrogen functional groups attached to an aromatic ring is 1. The Morgan fingerprint density at radius 1 is 1.39 bits per heavy atom. The maximum atomic E-state index is 10.9. The van der Waals surface area contributed by atoms with Crippen LogP contribution in [0.1, 0.15) is 0 Å². The molecule has 0 radical (unpaired) electrons. The largest absolute Gasteiger partial charge is 0.398 e. The monoisotopic (exact) mass is 281 g/mol. The summed E-state index contributed by atoms with van der Waals surface area (Å²) >= 11 is 6.93. The van der Waals surface area contributed by atoms with Gasteiger partial charge in [0, 0.05) is 27.9 Å². The van der Waals surface area contributed by atoms with Crippen LogP contribution in [0.2, 0.25) is 5.02 Å². The Labute approximate surface area is 112 Å². The molecule has 0 aliphatic rings. The number of anilines is 1. The fraction of sp³-hybridized carbons (Fsp3) is 0. The van der Waals surface area contributed by atoms with Gasteiger partial charge in [0.15, 0.2) is 5.03 Å². The van der Waals surface area contributed by atoms with E-state index < -0.39 is 4.92 Å². The van der Waals surface area contributed by atoms with Crippen molar-refractivity contribution in [2.75, 3.05) is 5.73 Å². The number of rotatable bonds is 3. The molecule has 0 spiro atoms. The van der Waals surface area contributed by atoms with Crippen LogP contribution in [0.5, 0.6) is 0 Å². The standard InChI is InChI=1S/C11H8ClN3O2S/c12-7-3-4-10(8(13)6-7)18-11-9(15(16)17)2-1-5-14-11/h1-6H,13H2. The number of aromatic nitrogens is 1. The summed E-state index contributed by atoms with van der Waals surface area (Å²) in [7, 11) is 0. The van der Waals surface area contributed by atoms with E-state index in [-0.39, 0.29) is 5.69 Å². The van der Waals surface area contributed by atoms with E-state index in [9.17, 15) is 10.1 Å². The normalized spacial score (nSPS) is 10.3. The molecule has 0 atom stereocenters. The highest BCUT2D eigenvalue weighted by Gasteiger charge is 2.16. The molecule has 0 bridgehead atoms. The third-order valence-corrected chi connectivity index (χ3v) is 3.46. The number of hydrogen-bond acceptors (Lipinski definition) is 5. The summed E-state index contributed by atoms with van der Waals surface area (Å²) in [5.74, 6) is 0. The fourth-order valence-electron chi connectivity index (χ4n) is 1.32. The lowest BCUT2D eigenvalue weighted by Crippen LogP contribution is -1.94. The second-order valence-electron chi connectivity index (χ2n) is 3.37. The smallest absolute Gasteiger partial charge is 0.301 e. The van der Waals surface area contributed by atoms with Gasteiger partial charge in [0.1, 0.15) is 0 Å². The molecule has 2 aromatic rings. The molecule has 0 amide bonds. The van der Waals surface area contributed by atoms with Gasteiger partial charge in [-0.1, -0.05) is 23.4 Å². The number of nitrogens with two attached hydrogens (primary N) is 1. The fourth-order valence-corrected chi connectivity index (χ4v) is 2.38. The van der Waals surface area contributed by atoms with Crippen LogP contribution in [0.4, 0.5) is 11.4 Å². The Morgan fingerprint density at radius 3 is 2.83 bits per heavy atom. The van der Waals surface area contributed by atoms with E-state index in [4.69, 9.17) is 17.3 Å². The molecule has 0 saturated heterocycles. The second kappa shape index (κ2) is 5.24. The molecule has 2 N–H and O–H groups in total. The van der Waals surface area contributed by atoms with Crippen LogP contribution in [-0.4, -0.2) is 9.91 Å². The van der Waals surface area contributed by atoms with E-state index >= 15 is 0 Å². The average Bonchev–Trinajstić information content (AvgIpc) is 2.33. The highest BCUT2D eigenvalue weighted by Crippen LogP contribution is 2.36. The zero-order valence-corrected chi connectivity index (χ0v) is 10.6. The van der Waals surface area contributed by atoms with E-state index in [0.717, 1.165) is 11.8 Å². The highest BCUT2D eigenvalue weighted by atomic mass is 35.5. The first kappa shape index (κ1) is 12.7. The molecule has 2 rings (SSSR count). The van der Waals surface area contributed by atoms with Crippen LogP contribution >= 0.6 is 23.4 Å². The van der Waals surface area contributed by atoms with Gasteiger partial charge in [-0.2, -0.15) is 0 Å². The molecule has 18 heavy (non-hydrogen) atoms. The Kier molecular flexibility index (Phi) is 3.69. The molecule has 0 aliphatic heterocycles. The van der Waals surface area contributed by atoms with Crippen molar-refractivity contribution < 1.29 is 4.92 Å². The number of hydrogen-bond donors (Lipinski definition) is 1. The molecular weight excluding hydrogens is 274 g/mol. The molecule has 0 saturated carbocycles. The van der Waals surface area contributed by atoms with Crippen LogP contribution in [-0.2, 0) is 0 Å². The minimum atomic E-state index is -0.471. The van der Waals surface area contributed by atoms with Gasteiger partial charge >= 0.3 is 5.69 Å². The molecule has 0 unspecified atom stereocenters. The maximum absolute atomic E-state index is 10.9. The predicted molar refractivity (Wildman–Crippen MR) is 70.9 cm³/mol. The van der Waals surface area contributed by atoms with Crippen molar-refractivity contribution in [2.45, 2.75) is 9.92 Å². The Balaban J connectivity index is 2.37. The van der Waals surface area contributed by atoms with Crippen molar-refractivity contribution in [3.8, 4) is 0 Å². The van der Waals surface area contributed by atoms with Crippen molar-refractivity contribution >= 4 is 34.7 Å². The van der Waals surface area contributed by atoms with Crippen LogP contribution < -0.4 is 5.73 Å². The van der Waals surface area contributed by atoms with Crippen LogP contribution in [0.3, 0.4) is 0 Å². The average molecular weight is 282 g/mol. The van der Waals surface area contributed by atoms with Gasteiger partial charge in [0.25, 0.3) is 0 Å². The van der Waals surface area contributed by atoms with E-state index in [1.807, 2.05) is 0 Å². The lowest BCUT2D eigenvalue weighted by Gasteiger charge is -2.05. The third-order valence-electron chi connectivity index (χ3n) is 2.13. The number of pyridine rings is 1. The summed E-state index contributed by atoms with van der Waals surface area (Å²) in [5.41, 5.74) is 6.21. The first-order valence-electron chi connectivity index (χ1n) is 4.90. The molecule has 0 aliphatic carbocycles. The van der Waals surface area contributed by atoms with Crippen LogP contribution in [0.15, 0.2) is 46.5 Å². The first-order valence-corrected chi connectivity index (χ1v) is 6.09. The summed E-state index contributed by atoms with van der Waals surface area (Å²) in [6, 6.07) is 7.91. The maximum Gasteiger partial charge on any atom is 0.301 e. The zero-order valence-electron chi connectivity index (χ0n) is 9.04. The van der Waals surface area contributed by atoms with Gasteiger partial charge in [0.2, 0.25) is 0 Å². The van der Waals surface area contributed by atoms with Gasteiger partial charge < -0.3 is 5.73 Å². The summed E-state index contributed by atoms with van der Waals surface area (Å²) in [6.07, 6.45) is 1.50. The Hall–Kier alpha value is -1.79. The Bertz CT molecular complexity index is 607. The third kappa shape index (κ3) is 2.72. The summed E-state index contributed by atoms with van der Waals surface area (Å²) < 4.78 is 0. The van der Waals surface area contributed by atoms with Gasteiger partial charge in [-0.25, -0.2) is 4.98 Å². The van der Waals surface area contributed by atoms with E-state index in [2.05, 4.69) is 4.98 Å². The highest BCUT2D eigenvalue weighted by molar-refractivity contribution is 7.99. The summed E-state index contributed by atoms with van der Waals surface area (Å²) in [5, 5.41) is 11.7. The first-order chi connectivity index (χ1) is 8.58. The van der Waals surface area contributed by atoms with Gasteiger partial charge in [0.05, 0.1) is 4.92 Å². The lowest BCUT2D eigenvalue weighted by atomic mass is 10.3. The van der Waals surface area contributed by atoms with Crippen molar-refractivity contribution in [1.29, 1.82) is 0 Å². The van der Waals surface area contributed by atoms with Crippen molar-refractivity contribution in [3.05, 3.63) is 51.7 Å². The predicted octanol–water partition coefficient (Wildman–Crippen LogP) is 3.38.